The van der Waals surface area contributed by atoms with Crippen molar-refractivity contribution in [3.8, 4) is 0 Å². The molecule has 0 saturated carbocycles. The molecule has 3 rings (SSSR count). The molecule has 0 aliphatic heterocycles. The van der Waals surface area contributed by atoms with E-state index in [2.05, 4.69) is 9.97 Å². The molecule has 1 heterocycles. The first-order chi connectivity index (χ1) is 9.65. The van der Waals surface area contributed by atoms with E-state index in [0.717, 1.165) is 6.07 Å². The maximum Gasteiger partial charge on any atom is 0.214 e. The maximum absolute atomic E-state index is 13.2. The Bertz CT molecular complexity index is 820. The number of benzene rings is 2. The Morgan fingerprint density at radius 3 is 2.65 bits per heavy atom. The van der Waals surface area contributed by atoms with E-state index in [1.807, 2.05) is 6.07 Å². The van der Waals surface area contributed by atoms with Gasteiger partial charge in [0.25, 0.3) is 0 Å². The first kappa shape index (κ1) is 12.7. The summed E-state index contributed by atoms with van der Waals surface area (Å²) in [6.45, 7) is 0. The molecule has 98 valence electrons. The standard InChI is InChI=1S/C15H8ClFN2O/c16-11-6-5-9(17)7-10(11)15(20)14-8-18-12-3-1-2-4-13(12)19-14/h1-8H. The van der Waals surface area contributed by atoms with Gasteiger partial charge in [-0.1, -0.05) is 23.7 Å². The van der Waals surface area contributed by atoms with Crippen LogP contribution in [0.4, 0.5) is 4.39 Å². The summed E-state index contributed by atoms with van der Waals surface area (Å²) < 4.78 is 13.2. The van der Waals surface area contributed by atoms with Crippen molar-refractivity contribution in [1.82, 2.24) is 9.97 Å². The number of carbonyl (C=O) groups excluding carboxylic acids is 1. The molecule has 3 aromatic rings. The molecule has 0 bridgehead atoms. The smallest absolute Gasteiger partial charge is 0.214 e. The first-order valence-corrected chi connectivity index (χ1v) is 6.24. The van der Waals surface area contributed by atoms with Crippen LogP contribution in [0.15, 0.2) is 48.7 Å². The minimum absolute atomic E-state index is 0.0799. The Balaban J connectivity index is 2.10. The number of carbonyl (C=O) groups is 1. The van der Waals surface area contributed by atoms with Crippen LogP contribution in [0.2, 0.25) is 5.02 Å². The summed E-state index contributed by atoms with van der Waals surface area (Å²) in [6.07, 6.45) is 1.37. The van der Waals surface area contributed by atoms with Crippen LogP contribution in [0.5, 0.6) is 0 Å². The third kappa shape index (κ3) is 2.26. The van der Waals surface area contributed by atoms with Crippen LogP contribution in [0, 0.1) is 5.82 Å². The fourth-order valence-electron chi connectivity index (χ4n) is 1.88. The highest BCUT2D eigenvalue weighted by molar-refractivity contribution is 6.34. The van der Waals surface area contributed by atoms with Crippen molar-refractivity contribution in [3.05, 3.63) is 70.8 Å². The largest absolute Gasteiger partial charge is 0.287 e. The number of hydrogen-bond donors (Lipinski definition) is 0. The van der Waals surface area contributed by atoms with Gasteiger partial charge >= 0.3 is 0 Å². The molecular weight excluding hydrogens is 279 g/mol. The van der Waals surface area contributed by atoms with E-state index < -0.39 is 11.6 Å². The van der Waals surface area contributed by atoms with E-state index in [1.165, 1.54) is 18.3 Å². The molecule has 0 saturated heterocycles. The van der Waals surface area contributed by atoms with Gasteiger partial charge in [0.15, 0.2) is 0 Å². The summed E-state index contributed by atoms with van der Waals surface area (Å²) in [6, 6.07) is 10.8. The predicted octanol–water partition coefficient (Wildman–Crippen LogP) is 3.65. The van der Waals surface area contributed by atoms with Gasteiger partial charge < -0.3 is 0 Å². The van der Waals surface area contributed by atoms with Gasteiger partial charge in [0.05, 0.1) is 22.3 Å². The summed E-state index contributed by atoms with van der Waals surface area (Å²) in [7, 11) is 0. The Morgan fingerprint density at radius 2 is 1.85 bits per heavy atom. The van der Waals surface area contributed by atoms with Gasteiger partial charge in [0.1, 0.15) is 11.5 Å². The van der Waals surface area contributed by atoms with Crippen LogP contribution in [0.1, 0.15) is 16.1 Å². The lowest BCUT2D eigenvalue weighted by Gasteiger charge is -2.04. The van der Waals surface area contributed by atoms with E-state index >= 15 is 0 Å². The van der Waals surface area contributed by atoms with Crippen molar-refractivity contribution in [1.29, 1.82) is 0 Å². The van der Waals surface area contributed by atoms with E-state index in [9.17, 15) is 9.18 Å². The Kier molecular flexibility index (Phi) is 3.16. The molecule has 0 atom stereocenters. The highest BCUT2D eigenvalue weighted by Crippen LogP contribution is 2.20. The van der Waals surface area contributed by atoms with Crippen molar-refractivity contribution < 1.29 is 9.18 Å². The van der Waals surface area contributed by atoms with Crippen molar-refractivity contribution in [2.75, 3.05) is 0 Å². The summed E-state index contributed by atoms with van der Waals surface area (Å²) in [4.78, 5) is 20.7. The molecular formula is C15H8ClFN2O. The lowest BCUT2D eigenvalue weighted by atomic mass is 10.1. The average molecular weight is 287 g/mol. The topological polar surface area (TPSA) is 42.9 Å². The van der Waals surface area contributed by atoms with Gasteiger partial charge in [-0.05, 0) is 30.3 Å². The van der Waals surface area contributed by atoms with Crippen LogP contribution in [-0.4, -0.2) is 15.8 Å². The van der Waals surface area contributed by atoms with E-state index in [1.54, 1.807) is 18.2 Å². The molecule has 0 aliphatic rings. The molecule has 1 aromatic heterocycles. The Labute approximate surface area is 119 Å². The third-order valence-corrected chi connectivity index (χ3v) is 3.18. The van der Waals surface area contributed by atoms with Gasteiger partial charge in [-0.15, -0.1) is 0 Å². The zero-order valence-corrected chi connectivity index (χ0v) is 10.9. The number of rotatable bonds is 2. The molecule has 20 heavy (non-hydrogen) atoms. The number of nitrogens with zero attached hydrogens (tertiary/aromatic N) is 2. The number of ketones is 1. The summed E-state index contributed by atoms with van der Waals surface area (Å²) in [5.41, 5.74) is 1.51. The van der Waals surface area contributed by atoms with Gasteiger partial charge in [-0.3, -0.25) is 9.78 Å². The van der Waals surface area contributed by atoms with Crippen molar-refractivity contribution >= 4 is 28.4 Å². The van der Waals surface area contributed by atoms with Crippen LogP contribution in [-0.2, 0) is 0 Å². The molecule has 5 heteroatoms. The van der Waals surface area contributed by atoms with E-state index in [-0.39, 0.29) is 16.3 Å². The lowest BCUT2D eigenvalue weighted by molar-refractivity contribution is 0.103. The van der Waals surface area contributed by atoms with Gasteiger partial charge in [-0.25, -0.2) is 9.37 Å². The third-order valence-electron chi connectivity index (χ3n) is 2.85. The zero-order valence-electron chi connectivity index (χ0n) is 10.2. The fraction of sp³-hybridized carbons (Fsp3) is 0. The lowest BCUT2D eigenvalue weighted by Crippen LogP contribution is -2.06. The monoisotopic (exact) mass is 286 g/mol. The molecule has 0 fully saturated rings. The molecule has 0 spiro atoms. The minimum atomic E-state index is -0.522. The minimum Gasteiger partial charge on any atom is -0.287 e. The van der Waals surface area contributed by atoms with Crippen molar-refractivity contribution in [3.63, 3.8) is 0 Å². The zero-order chi connectivity index (χ0) is 14.1. The number of para-hydroxylation sites is 2. The van der Waals surface area contributed by atoms with Crippen LogP contribution in [0.25, 0.3) is 11.0 Å². The molecule has 0 N–H and O–H groups in total. The predicted molar refractivity (Wildman–Crippen MR) is 74.4 cm³/mol. The fourth-order valence-corrected chi connectivity index (χ4v) is 2.08. The van der Waals surface area contributed by atoms with Gasteiger partial charge in [-0.2, -0.15) is 0 Å². The molecule has 2 aromatic carbocycles. The molecule has 0 amide bonds. The van der Waals surface area contributed by atoms with Crippen LogP contribution in [0.3, 0.4) is 0 Å². The second-order valence-corrected chi connectivity index (χ2v) is 4.60. The summed E-state index contributed by atoms with van der Waals surface area (Å²) >= 11 is 5.92. The van der Waals surface area contributed by atoms with Crippen molar-refractivity contribution in [2.45, 2.75) is 0 Å². The second kappa shape index (κ2) is 4.98. The quantitative estimate of drug-likeness (QED) is 0.675. The van der Waals surface area contributed by atoms with Crippen LogP contribution >= 0.6 is 11.6 Å². The second-order valence-electron chi connectivity index (χ2n) is 4.20. The summed E-state index contributed by atoms with van der Waals surface area (Å²) in [5, 5.41) is 0.186. The van der Waals surface area contributed by atoms with Gasteiger partial charge in [0, 0.05) is 5.56 Å². The Morgan fingerprint density at radius 1 is 1.10 bits per heavy atom. The number of halogens is 2. The molecule has 0 unspecified atom stereocenters. The highest BCUT2D eigenvalue weighted by atomic mass is 35.5. The van der Waals surface area contributed by atoms with Crippen molar-refractivity contribution in [2.24, 2.45) is 0 Å². The Hall–Kier alpha value is -2.33. The first-order valence-electron chi connectivity index (χ1n) is 5.87. The van der Waals surface area contributed by atoms with Crippen LogP contribution < -0.4 is 0 Å². The van der Waals surface area contributed by atoms with E-state index in [4.69, 9.17) is 11.6 Å². The normalized spacial score (nSPS) is 10.7. The van der Waals surface area contributed by atoms with Gasteiger partial charge in [0.2, 0.25) is 5.78 Å². The highest BCUT2D eigenvalue weighted by Gasteiger charge is 2.16. The summed E-state index contributed by atoms with van der Waals surface area (Å²) in [5.74, 6) is -0.973. The number of hydrogen-bond acceptors (Lipinski definition) is 3. The average Bonchev–Trinajstić information content (AvgIpc) is 2.48. The maximum atomic E-state index is 13.2. The molecule has 0 aliphatic carbocycles. The van der Waals surface area contributed by atoms with E-state index in [0.29, 0.717) is 11.0 Å². The number of aromatic nitrogens is 2. The molecule has 0 radical (unpaired) electrons. The molecule has 3 nitrogen and oxygen atoms in total. The number of fused-ring (bicyclic) bond motifs is 1. The SMILES string of the molecule is O=C(c1cnc2ccccc2n1)c1cc(F)ccc1Cl.